The number of piperazine rings is 1. The molecule has 0 spiro atoms. The molecule has 0 unspecified atom stereocenters. The van der Waals surface area contributed by atoms with Gasteiger partial charge in [0, 0.05) is 38.9 Å². The van der Waals surface area contributed by atoms with Crippen LogP contribution in [0, 0.1) is 0 Å². The average molecular weight is 247 g/mol. The van der Waals surface area contributed by atoms with Gasteiger partial charge in [0.2, 0.25) is 5.95 Å². The van der Waals surface area contributed by atoms with Crippen molar-refractivity contribution in [3.8, 4) is 0 Å². The van der Waals surface area contributed by atoms with Crippen LogP contribution in [0.3, 0.4) is 0 Å². The number of pyridine rings is 1. The third-order valence-corrected chi connectivity index (χ3v) is 3.36. The largest absolute Gasteiger partial charge is 0.340 e. The van der Waals surface area contributed by atoms with Gasteiger partial charge in [-0.25, -0.2) is 4.98 Å². The lowest BCUT2D eigenvalue weighted by molar-refractivity contribution is 0.569. The monoisotopic (exact) mass is 247 g/mol. The van der Waals surface area contributed by atoms with Gasteiger partial charge in [-0.15, -0.1) is 0 Å². The maximum absolute atomic E-state index is 11.9. The number of aryl methyl sites for hydroxylation is 1. The number of imidazole rings is 1. The molecule has 0 atom stereocenters. The Balaban J connectivity index is 2.16. The second kappa shape index (κ2) is 4.45. The fourth-order valence-electron chi connectivity index (χ4n) is 2.48. The first-order valence-electron chi connectivity index (χ1n) is 6.35. The first-order chi connectivity index (χ1) is 8.81. The van der Waals surface area contributed by atoms with Gasteiger partial charge in [-0.05, 0) is 13.0 Å². The zero-order chi connectivity index (χ0) is 12.5. The number of aromatic nitrogens is 3. The molecule has 0 aliphatic carbocycles. The van der Waals surface area contributed by atoms with Crippen LogP contribution in [-0.4, -0.2) is 40.7 Å². The Bertz CT molecular complexity index is 608. The average Bonchev–Trinajstić information content (AvgIpc) is 2.79. The minimum Gasteiger partial charge on any atom is -0.340 e. The van der Waals surface area contributed by atoms with Gasteiger partial charge >= 0.3 is 0 Å². The first kappa shape index (κ1) is 11.3. The quantitative estimate of drug-likeness (QED) is 0.793. The van der Waals surface area contributed by atoms with E-state index in [4.69, 9.17) is 0 Å². The molecule has 0 radical (unpaired) electrons. The SMILES string of the molecule is CCn1c(N2CCNCC2)nc2cc[nH]c(=O)c21. The van der Waals surface area contributed by atoms with Crippen molar-refractivity contribution in [2.45, 2.75) is 13.5 Å². The Labute approximate surface area is 105 Å². The molecule has 0 saturated carbocycles. The van der Waals surface area contributed by atoms with Crippen molar-refractivity contribution in [2.24, 2.45) is 0 Å². The van der Waals surface area contributed by atoms with Crippen LogP contribution in [0.5, 0.6) is 0 Å². The highest BCUT2D eigenvalue weighted by Gasteiger charge is 2.19. The van der Waals surface area contributed by atoms with Gasteiger partial charge in [0.25, 0.3) is 5.56 Å². The van der Waals surface area contributed by atoms with Gasteiger partial charge in [0.15, 0.2) is 0 Å². The minimum atomic E-state index is -0.0664. The van der Waals surface area contributed by atoms with E-state index in [9.17, 15) is 4.79 Å². The van der Waals surface area contributed by atoms with Crippen LogP contribution < -0.4 is 15.8 Å². The van der Waals surface area contributed by atoms with E-state index in [0.29, 0.717) is 5.52 Å². The summed E-state index contributed by atoms with van der Waals surface area (Å²) in [6.07, 6.45) is 1.65. The summed E-state index contributed by atoms with van der Waals surface area (Å²) in [5.41, 5.74) is 1.38. The summed E-state index contributed by atoms with van der Waals surface area (Å²) >= 11 is 0. The molecule has 6 heteroatoms. The zero-order valence-corrected chi connectivity index (χ0v) is 10.4. The van der Waals surface area contributed by atoms with E-state index in [-0.39, 0.29) is 5.56 Å². The van der Waals surface area contributed by atoms with Gasteiger partial charge < -0.3 is 19.8 Å². The molecule has 1 aliphatic heterocycles. The van der Waals surface area contributed by atoms with Crippen LogP contribution in [0.15, 0.2) is 17.1 Å². The number of nitrogens with zero attached hydrogens (tertiary/aromatic N) is 3. The Kier molecular flexibility index (Phi) is 2.79. The second-order valence-electron chi connectivity index (χ2n) is 4.43. The molecule has 0 amide bonds. The van der Waals surface area contributed by atoms with E-state index >= 15 is 0 Å². The van der Waals surface area contributed by atoms with Gasteiger partial charge in [-0.2, -0.15) is 0 Å². The van der Waals surface area contributed by atoms with Crippen LogP contribution >= 0.6 is 0 Å². The van der Waals surface area contributed by atoms with Crippen molar-refractivity contribution in [3.63, 3.8) is 0 Å². The van der Waals surface area contributed by atoms with Crippen molar-refractivity contribution >= 4 is 17.0 Å². The third-order valence-electron chi connectivity index (χ3n) is 3.36. The molecule has 6 nitrogen and oxygen atoms in total. The molecule has 1 fully saturated rings. The smallest absolute Gasteiger partial charge is 0.274 e. The van der Waals surface area contributed by atoms with Crippen LogP contribution in [0.1, 0.15) is 6.92 Å². The number of hydrogen-bond acceptors (Lipinski definition) is 4. The fraction of sp³-hybridized carbons (Fsp3) is 0.500. The predicted molar refractivity (Wildman–Crippen MR) is 71.1 cm³/mol. The number of hydrogen-bond donors (Lipinski definition) is 2. The highest BCUT2D eigenvalue weighted by atomic mass is 16.1. The molecule has 3 rings (SSSR count). The molecule has 1 aliphatic rings. The summed E-state index contributed by atoms with van der Waals surface area (Å²) in [6.45, 7) is 6.58. The van der Waals surface area contributed by atoms with E-state index in [0.717, 1.165) is 44.2 Å². The van der Waals surface area contributed by atoms with E-state index < -0.39 is 0 Å². The van der Waals surface area contributed by atoms with Crippen LogP contribution in [0.2, 0.25) is 0 Å². The Morgan fingerprint density at radius 2 is 2.17 bits per heavy atom. The Morgan fingerprint density at radius 3 is 2.89 bits per heavy atom. The predicted octanol–water partition coefficient (Wildman–Crippen LogP) is 0.154. The zero-order valence-electron chi connectivity index (χ0n) is 10.4. The Morgan fingerprint density at radius 1 is 1.39 bits per heavy atom. The molecule has 0 aromatic carbocycles. The van der Waals surface area contributed by atoms with E-state index in [1.54, 1.807) is 6.20 Å². The minimum absolute atomic E-state index is 0.0664. The standard InChI is InChI=1S/C12H17N5O/c1-2-17-10-9(3-4-14-11(10)18)15-12(17)16-7-5-13-6-8-16/h3-4,13H,2,5-8H2,1H3,(H,14,18). The summed E-state index contributed by atoms with van der Waals surface area (Å²) in [4.78, 5) is 21.5. The summed E-state index contributed by atoms with van der Waals surface area (Å²) in [6, 6.07) is 1.86. The third kappa shape index (κ3) is 1.69. The second-order valence-corrected chi connectivity index (χ2v) is 4.43. The molecule has 3 heterocycles. The summed E-state index contributed by atoms with van der Waals surface area (Å²) in [7, 11) is 0. The number of fused-ring (bicyclic) bond motifs is 1. The molecule has 2 aromatic rings. The summed E-state index contributed by atoms with van der Waals surface area (Å²) in [5, 5.41) is 3.32. The van der Waals surface area contributed by atoms with E-state index in [1.165, 1.54) is 0 Å². The number of H-pyrrole nitrogens is 1. The van der Waals surface area contributed by atoms with E-state index in [2.05, 4.69) is 20.2 Å². The molecule has 1 saturated heterocycles. The normalized spacial score (nSPS) is 16.4. The summed E-state index contributed by atoms with van der Waals surface area (Å²) in [5.74, 6) is 0.908. The highest BCUT2D eigenvalue weighted by molar-refractivity contribution is 5.77. The fourth-order valence-corrected chi connectivity index (χ4v) is 2.48. The van der Waals surface area contributed by atoms with Gasteiger partial charge in [0.1, 0.15) is 5.52 Å². The first-order valence-corrected chi connectivity index (χ1v) is 6.35. The Hall–Kier alpha value is -1.82. The van der Waals surface area contributed by atoms with Gasteiger partial charge in [-0.3, -0.25) is 4.79 Å². The molecule has 96 valence electrons. The summed E-state index contributed by atoms with van der Waals surface area (Å²) < 4.78 is 2.00. The van der Waals surface area contributed by atoms with Gasteiger partial charge in [0.05, 0.1) is 5.52 Å². The van der Waals surface area contributed by atoms with Crippen molar-refractivity contribution in [1.29, 1.82) is 0 Å². The van der Waals surface area contributed by atoms with Crippen LogP contribution in [-0.2, 0) is 6.54 Å². The molecule has 2 N–H and O–H groups in total. The van der Waals surface area contributed by atoms with Crippen molar-refractivity contribution in [3.05, 3.63) is 22.6 Å². The maximum Gasteiger partial charge on any atom is 0.274 e. The molecule has 0 bridgehead atoms. The number of aromatic amines is 1. The lowest BCUT2D eigenvalue weighted by atomic mass is 10.4. The van der Waals surface area contributed by atoms with Crippen molar-refractivity contribution in [2.75, 3.05) is 31.1 Å². The highest BCUT2D eigenvalue weighted by Crippen LogP contribution is 2.20. The van der Waals surface area contributed by atoms with Crippen LogP contribution in [0.25, 0.3) is 11.0 Å². The lowest BCUT2D eigenvalue weighted by Gasteiger charge is -2.28. The molecule has 2 aromatic heterocycles. The van der Waals surface area contributed by atoms with Crippen LogP contribution in [0.4, 0.5) is 5.95 Å². The topological polar surface area (TPSA) is 66.0 Å². The number of nitrogens with one attached hydrogen (secondary N) is 2. The maximum atomic E-state index is 11.9. The lowest BCUT2D eigenvalue weighted by Crippen LogP contribution is -2.44. The van der Waals surface area contributed by atoms with E-state index in [1.807, 2.05) is 17.6 Å². The molecular weight excluding hydrogens is 230 g/mol. The van der Waals surface area contributed by atoms with Gasteiger partial charge in [-0.1, -0.05) is 0 Å². The number of anilines is 1. The van der Waals surface area contributed by atoms with Crippen molar-refractivity contribution < 1.29 is 0 Å². The molecular formula is C12H17N5O. The number of rotatable bonds is 2. The molecule has 18 heavy (non-hydrogen) atoms. The van der Waals surface area contributed by atoms with Crippen molar-refractivity contribution in [1.82, 2.24) is 19.9 Å².